The largest absolute Gasteiger partial charge is 0.321 e. The number of amides is 3. The van der Waals surface area contributed by atoms with Gasteiger partial charge in [-0.15, -0.1) is 0 Å². The smallest absolute Gasteiger partial charge is 0.276 e. The molecule has 0 radical (unpaired) electrons. The Morgan fingerprint density at radius 1 is 1.43 bits per heavy atom. The molecule has 0 unspecified atom stereocenters. The van der Waals surface area contributed by atoms with Crippen LogP contribution >= 0.6 is 39.3 Å². The first-order valence-corrected chi connectivity index (χ1v) is 9.51. The summed E-state index contributed by atoms with van der Waals surface area (Å²) in [7, 11) is 0. The maximum absolute atomic E-state index is 12.6. The second-order valence-corrected chi connectivity index (χ2v) is 7.34. The fourth-order valence-electron chi connectivity index (χ4n) is 2.96. The summed E-state index contributed by atoms with van der Waals surface area (Å²) >= 11 is 10.5. The van der Waals surface area contributed by atoms with Crippen LogP contribution in [0.4, 0.5) is 5.69 Å². The molecule has 2 aliphatic rings. The quantitative estimate of drug-likeness (QED) is 0.428. The lowest BCUT2D eigenvalue weighted by Crippen LogP contribution is -2.59. The van der Waals surface area contributed by atoms with Crippen molar-refractivity contribution in [2.75, 3.05) is 16.0 Å². The van der Waals surface area contributed by atoms with Gasteiger partial charge in [-0.05, 0) is 18.6 Å². The normalized spacial score (nSPS) is 23.1. The summed E-state index contributed by atoms with van der Waals surface area (Å²) < 4.78 is 0. The minimum absolute atomic E-state index is 0.158. The highest BCUT2D eigenvalue weighted by Crippen LogP contribution is 2.47. The fraction of sp³-hybridized carbons (Fsp3) is 0.429. The van der Waals surface area contributed by atoms with Crippen molar-refractivity contribution in [1.82, 2.24) is 9.88 Å². The van der Waals surface area contributed by atoms with Crippen molar-refractivity contribution in [3.8, 4) is 0 Å². The minimum atomic E-state index is -0.972. The standard InChI is InChI=1S/C14H13BrClN3O3S/c1-2-14-7-23-11-8(3-4-9(16)17-11)18(14)12(21)13(22)19(14)10(20)5-6-15/h3-4H,2,5-7H2,1H3/t14-/m1/s1. The van der Waals surface area contributed by atoms with E-state index in [2.05, 4.69) is 20.9 Å². The summed E-state index contributed by atoms with van der Waals surface area (Å²) in [5.41, 5.74) is -0.444. The zero-order valence-electron chi connectivity index (χ0n) is 12.2. The summed E-state index contributed by atoms with van der Waals surface area (Å²) in [6, 6.07) is 3.25. The summed E-state index contributed by atoms with van der Waals surface area (Å²) in [6.45, 7) is 1.86. The van der Waals surface area contributed by atoms with E-state index in [1.807, 2.05) is 6.92 Å². The van der Waals surface area contributed by atoms with Crippen molar-refractivity contribution < 1.29 is 14.4 Å². The number of aromatic nitrogens is 1. The molecule has 0 spiro atoms. The fourth-order valence-corrected chi connectivity index (χ4v) is 4.80. The van der Waals surface area contributed by atoms with Crippen LogP contribution in [0.5, 0.6) is 0 Å². The number of thioether (sulfide) groups is 1. The number of carbonyl (C=O) groups is 3. The number of halogens is 2. The van der Waals surface area contributed by atoms with Crippen molar-refractivity contribution in [3.05, 3.63) is 17.3 Å². The molecular weight excluding hydrogens is 406 g/mol. The number of alkyl halides is 1. The van der Waals surface area contributed by atoms with Crippen molar-refractivity contribution in [2.45, 2.75) is 30.5 Å². The maximum Gasteiger partial charge on any atom is 0.321 e. The van der Waals surface area contributed by atoms with E-state index in [9.17, 15) is 14.4 Å². The van der Waals surface area contributed by atoms with Gasteiger partial charge in [-0.1, -0.05) is 46.2 Å². The number of hydrogen-bond donors (Lipinski definition) is 0. The van der Waals surface area contributed by atoms with Gasteiger partial charge < -0.3 is 0 Å². The molecule has 1 fully saturated rings. The second-order valence-electron chi connectivity index (χ2n) is 5.20. The van der Waals surface area contributed by atoms with E-state index >= 15 is 0 Å². The molecule has 0 N–H and O–H groups in total. The third kappa shape index (κ3) is 2.38. The van der Waals surface area contributed by atoms with Gasteiger partial charge in [0.1, 0.15) is 15.8 Å². The van der Waals surface area contributed by atoms with Crippen LogP contribution in [0.15, 0.2) is 17.2 Å². The van der Waals surface area contributed by atoms with E-state index in [1.165, 1.54) is 16.7 Å². The number of nitrogens with zero attached hydrogens (tertiary/aromatic N) is 3. The Hall–Kier alpha value is -1.12. The Balaban J connectivity index is 2.14. The van der Waals surface area contributed by atoms with Gasteiger partial charge in [0, 0.05) is 17.5 Å². The van der Waals surface area contributed by atoms with E-state index in [0.717, 1.165) is 4.90 Å². The Labute approximate surface area is 150 Å². The van der Waals surface area contributed by atoms with Crippen molar-refractivity contribution in [1.29, 1.82) is 0 Å². The Morgan fingerprint density at radius 3 is 2.83 bits per heavy atom. The predicted octanol–water partition coefficient (Wildman–Crippen LogP) is 2.43. The highest BCUT2D eigenvalue weighted by atomic mass is 79.9. The summed E-state index contributed by atoms with van der Waals surface area (Å²) in [6.07, 6.45) is 0.610. The summed E-state index contributed by atoms with van der Waals surface area (Å²) in [5.74, 6) is -1.44. The number of anilines is 1. The van der Waals surface area contributed by atoms with Gasteiger partial charge >= 0.3 is 11.8 Å². The lowest BCUT2D eigenvalue weighted by Gasteiger charge is -2.44. The average Bonchev–Trinajstić information content (AvgIpc) is 2.76. The molecule has 1 aromatic rings. The van der Waals surface area contributed by atoms with Crippen LogP contribution in [0.3, 0.4) is 0 Å². The van der Waals surface area contributed by atoms with Crippen molar-refractivity contribution in [3.63, 3.8) is 0 Å². The SMILES string of the molecule is CC[C@@]12CSc3nc(Cl)ccc3N1C(=O)C(=O)N2C(=O)CCBr. The lowest BCUT2D eigenvalue weighted by atomic mass is 10.1. The maximum atomic E-state index is 12.6. The number of imide groups is 1. The number of pyridine rings is 1. The zero-order valence-corrected chi connectivity index (χ0v) is 15.4. The van der Waals surface area contributed by atoms with Gasteiger partial charge in [-0.25, -0.2) is 9.88 Å². The third-order valence-corrected chi connectivity index (χ3v) is 5.82. The monoisotopic (exact) mass is 417 g/mol. The molecule has 0 aliphatic carbocycles. The third-order valence-electron chi connectivity index (χ3n) is 4.03. The number of rotatable bonds is 3. The molecule has 0 aromatic carbocycles. The average molecular weight is 419 g/mol. The molecule has 3 rings (SSSR count). The zero-order chi connectivity index (χ0) is 16.8. The van der Waals surface area contributed by atoms with Crippen LogP contribution in [0, 0.1) is 0 Å². The Morgan fingerprint density at radius 2 is 2.17 bits per heavy atom. The molecule has 0 bridgehead atoms. The number of hydrogen-bond acceptors (Lipinski definition) is 5. The molecule has 122 valence electrons. The second kappa shape index (κ2) is 6.07. The van der Waals surface area contributed by atoms with Gasteiger partial charge in [0.05, 0.1) is 5.69 Å². The van der Waals surface area contributed by atoms with E-state index in [0.29, 0.717) is 33.4 Å². The van der Waals surface area contributed by atoms with Gasteiger partial charge in [-0.2, -0.15) is 0 Å². The topological polar surface area (TPSA) is 70.6 Å². The van der Waals surface area contributed by atoms with Crippen LogP contribution in [-0.4, -0.2) is 44.4 Å². The molecular formula is C14H13BrClN3O3S. The molecule has 0 saturated carbocycles. The molecule has 3 heterocycles. The van der Waals surface area contributed by atoms with E-state index in [1.54, 1.807) is 12.1 Å². The first-order valence-electron chi connectivity index (χ1n) is 7.03. The molecule has 6 nitrogen and oxygen atoms in total. The summed E-state index contributed by atoms with van der Waals surface area (Å²) in [5, 5.41) is 1.35. The molecule has 23 heavy (non-hydrogen) atoms. The number of carbonyl (C=O) groups excluding carboxylic acids is 3. The first-order chi connectivity index (χ1) is 11.0. The molecule has 9 heteroatoms. The van der Waals surface area contributed by atoms with Crippen LogP contribution < -0.4 is 4.90 Å². The van der Waals surface area contributed by atoms with E-state index in [-0.39, 0.29) is 12.3 Å². The predicted molar refractivity (Wildman–Crippen MR) is 90.7 cm³/mol. The Bertz CT molecular complexity index is 717. The molecule has 1 atom stereocenters. The minimum Gasteiger partial charge on any atom is -0.276 e. The van der Waals surface area contributed by atoms with Crippen molar-refractivity contribution >= 4 is 62.7 Å². The van der Waals surface area contributed by atoms with Crippen LogP contribution in [-0.2, 0) is 14.4 Å². The number of fused-ring (bicyclic) bond motifs is 3. The van der Waals surface area contributed by atoms with Crippen LogP contribution in [0.2, 0.25) is 5.15 Å². The van der Waals surface area contributed by atoms with Crippen LogP contribution in [0.25, 0.3) is 0 Å². The van der Waals surface area contributed by atoms with Crippen LogP contribution in [0.1, 0.15) is 19.8 Å². The summed E-state index contributed by atoms with van der Waals surface area (Å²) in [4.78, 5) is 44.2. The van der Waals surface area contributed by atoms with Gasteiger partial charge in [0.25, 0.3) is 0 Å². The van der Waals surface area contributed by atoms with Gasteiger partial charge in [0.2, 0.25) is 5.91 Å². The van der Waals surface area contributed by atoms with E-state index < -0.39 is 17.5 Å². The Kier molecular flexibility index (Phi) is 4.41. The highest BCUT2D eigenvalue weighted by Gasteiger charge is 2.60. The van der Waals surface area contributed by atoms with E-state index in [4.69, 9.17) is 11.6 Å². The first kappa shape index (κ1) is 16.7. The highest BCUT2D eigenvalue weighted by molar-refractivity contribution is 9.09. The van der Waals surface area contributed by atoms with Gasteiger partial charge in [0.15, 0.2) is 0 Å². The molecule has 3 amide bonds. The van der Waals surface area contributed by atoms with Gasteiger partial charge in [-0.3, -0.25) is 19.3 Å². The lowest BCUT2D eigenvalue weighted by molar-refractivity contribution is -0.150. The molecule has 1 aromatic heterocycles. The molecule has 1 saturated heterocycles. The van der Waals surface area contributed by atoms with Crippen molar-refractivity contribution in [2.24, 2.45) is 0 Å². The molecule has 2 aliphatic heterocycles.